The SMILES string of the molecule is CCNC(C)c1ccc(N(CC)C2CC2)cc1. The number of benzene rings is 1. The quantitative estimate of drug-likeness (QED) is 0.809. The van der Waals surface area contributed by atoms with Crippen LogP contribution in [-0.4, -0.2) is 19.1 Å². The molecule has 1 aliphatic carbocycles. The Morgan fingerprint density at radius 1 is 1.24 bits per heavy atom. The van der Waals surface area contributed by atoms with Crippen molar-refractivity contribution in [3.8, 4) is 0 Å². The zero-order valence-electron chi connectivity index (χ0n) is 11.2. The Balaban J connectivity index is 2.06. The molecule has 1 aromatic rings. The van der Waals surface area contributed by atoms with E-state index in [1.54, 1.807) is 0 Å². The molecule has 0 bridgehead atoms. The predicted octanol–water partition coefficient (Wildman–Crippen LogP) is 3.35. The molecule has 1 atom stereocenters. The van der Waals surface area contributed by atoms with Crippen LogP contribution in [-0.2, 0) is 0 Å². The van der Waals surface area contributed by atoms with Gasteiger partial charge in [-0.1, -0.05) is 19.1 Å². The number of nitrogens with zero attached hydrogens (tertiary/aromatic N) is 1. The molecule has 1 unspecified atom stereocenters. The van der Waals surface area contributed by atoms with Crippen LogP contribution in [0.3, 0.4) is 0 Å². The minimum atomic E-state index is 0.449. The van der Waals surface area contributed by atoms with Gasteiger partial charge in [0.25, 0.3) is 0 Å². The van der Waals surface area contributed by atoms with Crippen LogP contribution in [0.2, 0.25) is 0 Å². The first-order valence-corrected chi connectivity index (χ1v) is 6.86. The molecular weight excluding hydrogens is 208 g/mol. The normalized spacial score (nSPS) is 16.9. The summed E-state index contributed by atoms with van der Waals surface area (Å²) >= 11 is 0. The van der Waals surface area contributed by atoms with Crippen molar-refractivity contribution in [1.82, 2.24) is 5.32 Å². The summed E-state index contributed by atoms with van der Waals surface area (Å²) in [5.41, 5.74) is 2.75. The van der Waals surface area contributed by atoms with Gasteiger partial charge in [-0.05, 0) is 50.9 Å². The summed E-state index contributed by atoms with van der Waals surface area (Å²) in [6, 6.07) is 10.3. The molecule has 2 heteroatoms. The second kappa shape index (κ2) is 5.54. The predicted molar refractivity (Wildman–Crippen MR) is 74.6 cm³/mol. The molecule has 0 saturated heterocycles. The van der Waals surface area contributed by atoms with E-state index < -0.39 is 0 Å². The maximum Gasteiger partial charge on any atom is 0.0368 e. The summed E-state index contributed by atoms with van der Waals surface area (Å²) < 4.78 is 0. The molecule has 0 heterocycles. The first kappa shape index (κ1) is 12.4. The van der Waals surface area contributed by atoms with Crippen molar-refractivity contribution in [2.24, 2.45) is 0 Å². The van der Waals surface area contributed by atoms with E-state index in [0.717, 1.165) is 19.1 Å². The van der Waals surface area contributed by atoms with Gasteiger partial charge in [0.2, 0.25) is 0 Å². The topological polar surface area (TPSA) is 15.3 Å². The zero-order valence-corrected chi connectivity index (χ0v) is 11.2. The highest BCUT2D eigenvalue weighted by molar-refractivity contribution is 5.50. The lowest BCUT2D eigenvalue weighted by Crippen LogP contribution is -2.25. The maximum atomic E-state index is 3.45. The molecule has 17 heavy (non-hydrogen) atoms. The third kappa shape index (κ3) is 3.01. The Morgan fingerprint density at radius 2 is 1.88 bits per heavy atom. The molecule has 2 rings (SSSR count). The molecule has 1 N–H and O–H groups in total. The molecule has 1 fully saturated rings. The van der Waals surface area contributed by atoms with E-state index in [4.69, 9.17) is 0 Å². The minimum absolute atomic E-state index is 0.449. The molecule has 94 valence electrons. The van der Waals surface area contributed by atoms with E-state index in [2.05, 4.69) is 55.3 Å². The van der Waals surface area contributed by atoms with Gasteiger partial charge in [-0.3, -0.25) is 0 Å². The molecule has 0 amide bonds. The second-order valence-corrected chi connectivity index (χ2v) is 4.89. The Kier molecular flexibility index (Phi) is 4.06. The second-order valence-electron chi connectivity index (χ2n) is 4.89. The van der Waals surface area contributed by atoms with Crippen molar-refractivity contribution < 1.29 is 0 Å². The van der Waals surface area contributed by atoms with Crippen LogP contribution in [0.1, 0.15) is 45.2 Å². The highest BCUT2D eigenvalue weighted by atomic mass is 15.2. The van der Waals surface area contributed by atoms with Gasteiger partial charge in [-0.2, -0.15) is 0 Å². The first-order valence-electron chi connectivity index (χ1n) is 6.86. The van der Waals surface area contributed by atoms with E-state index >= 15 is 0 Å². The van der Waals surface area contributed by atoms with E-state index in [1.165, 1.54) is 24.1 Å². The van der Waals surface area contributed by atoms with Gasteiger partial charge in [0.1, 0.15) is 0 Å². The van der Waals surface area contributed by atoms with Crippen molar-refractivity contribution in [2.75, 3.05) is 18.0 Å². The lowest BCUT2D eigenvalue weighted by Gasteiger charge is -2.23. The fourth-order valence-electron chi connectivity index (χ4n) is 2.42. The van der Waals surface area contributed by atoms with Crippen LogP contribution in [0.5, 0.6) is 0 Å². The largest absolute Gasteiger partial charge is 0.369 e. The van der Waals surface area contributed by atoms with Crippen LogP contribution in [0.15, 0.2) is 24.3 Å². The number of nitrogens with one attached hydrogen (secondary N) is 1. The van der Waals surface area contributed by atoms with Crippen LogP contribution in [0.25, 0.3) is 0 Å². The summed E-state index contributed by atoms with van der Waals surface area (Å²) in [7, 11) is 0. The summed E-state index contributed by atoms with van der Waals surface area (Å²) in [4.78, 5) is 2.52. The van der Waals surface area contributed by atoms with E-state index in [1.807, 2.05) is 0 Å². The lowest BCUT2D eigenvalue weighted by atomic mass is 10.1. The molecule has 0 radical (unpaired) electrons. The fourth-order valence-corrected chi connectivity index (χ4v) is 2.42. The fraction of sp³-hybridized carbons (Fsp3) is 0.600. The summed E-state index contributed by atoms with van der Waals surface area (Å²) in [5.74, 6) is 0. The summed E-state index contributed by atoms with van der Waals surface area (Å²) in [5, 5.41) is 3.45. The lowest BCUT2D eigenvalue weighted by molar-refractivity contribution is 0.598. The van der Waals surface area contributed by atoms with Crippen molar-refractivity contribution in [2.45, 2.75) is 45.7 Å². The monoisotopic (exact) mass is 232 g/mol. The number of hydrogen-bond acceptors (Lipinski definition) is 2. The van der Waals surface area contributed by atoms with E-state index in [-0.39, 0.29) is 0 Å². The minimum Gasteiger partial charge on any atom is -0.369 e. The molecule has 0 aliphatic heterocycles. The third-order valence-electron chi connectivity index (χ3n) is 3.56. The molecular formula is C15H24N2. The van der Waals surface area contributed by atoms with Gasteiger partial charge in [0, 0.05) is 24.3 Å². The molecule has 0 spiro atoms. The van der Waals surface area contributed by atoms with Gasteiger partial charge >= 0.3 is 0 Å². The van der Waals surface area contributed by atoms with Crippen molar-refractivity contribution in [3.05, 3.63) is 29.8 Å². The van der Waals surface area contributed by atoms with Crippen molar-refractivity contribution in [3.63, 3.8) is 0 Å². The van der Waals surface area contributed by atoms with E-state index in [0.29, 0.717) is 6.04 Å². The average molecular weight is 232 g/mol. The summed E-state index contributed by atoms with van der Waals surface area (Å²) in [6.07, 6.45) is 2.73. The summed E-state index contributed by atoms with van der Waals surface area (Å²) in [6.45, 7) is 8.75. The van der Waals surface area contributed by atoms with Gasteiger partial charge in [0.15, 0.2) is 0 Å². The Hall–Kier alpha value is -1.02. The van der Waals surface area contributed by atoms with Crippen LogP contribution < -0.4 is 10.2 Å². The van der Waals surface area contributed by atoms with Crippen LogP contribution in [0, 0.1) is 0 Å². The zero-order chi connectivity index (χ0) is 12.3. The van der Waals surface area contributed by atoms with Gasteiger partial charge in [0.05, 0.1) is 0 Å². The van der Waals surface area contributed by atoms with Crippen molar-refractivity contribution in [1.29, 1.82) is 0 Å². The third-order valence-corrected chi connectivity index (χ3v) is 3.56. The smallest absolute Gasteiger partial charge is 0.0368 e. The number of anilines is 1. The van der Waals surface area contributed by atoms with E-state index in [9.17, 15) is 0 Å². The van der Waals surface area contributed by atoms with Crippen molar-refractivity contribution >= 4 is 5.69 Å². The molecule has 2 nitrogen and oxygen atoms in total. The molecule has 1 aromatic carbocycles. The molecule has 1 aliphatic rings. The Labute approximate surface area is 105 Å². The van der Waals surface area contributed by atoms with Crippen LogP contribution >= 0.6 is 0 Å². The standard InChI is InChI=1S/C15H24N2/c1-4-16-12(3)13-6-8-14(9-7-13)17(5-2)15-10-11-15/h6-9,12,15-16H,4-5,10-11H2,1-3H3. The highest BCUT2D eigenvalue weighted by Crippen LogP contribution is 2.31. The number of rotatable bonds is 6. The van der Waals surface area contributed by atoms with Gasteiger partial charge < -0.3 is 10.2 Å². The Bertz CT molecular complexity index is 340. The molecule has 1 saturated carbocycles. The average Bonchev–Trinajstić information content (AvgIpc) is 3.16. The van der Waals surface area contributed by atoms with Gasteiger partial charge in [-0.25, -0.2) is 0 Å². The maximum absolute atomic E-state index is 3.45. The first-order chi connectivity index (χ1) is 8.26. The molecule has 0 aromatic heterocycles. The highest BCUT2D eigenvalue weighted by Gasteiger charge is 2.27. The van der Waals surface area contributed by atoms with Gasteiger partial charge in [-0.15, -0.1) is 0 Å². The Morgan fingerprint density at radius 3 is 2.35 bits per heavy atom. The van der Waals surface area contributed by atoms with Crippen LogP contribution in [0.4, 0.5) is 5.69 Å². The number of hydrogen-bond donors (Lipinski definition) is 1.